The van der Waals surface area contributed by atoms with E-state index in [-0.39, 0.29) is 13.5 Å². The molecule has 0 spiro atoms. The first kappa shape index (κ1) is 55.9. The maximum Gasteiger partial charge on any atom is 0.476 e. The molecule has 0 saturated heterocycles. The van der Waals surface area contributed by atoms with E-state index in [1.54, 1.807) is 83.1 Å². The van der Waals surface area contributed by atoms with Gasteiger partial charge < -0.3 is 18.8 Å². The molecule has 0 saturated carbocycles. The van der Waals surface area contributed by atoms with E-state index in [0.29, 0.717) is 3.89 Å². The van der Waals surface area contributed by atoms with E-state index >= 15 is 0 Å². The minimum atomic E-state index is -4.19. The zero-order chi connectivity index (χ0) is 35.9. The highest BCUT2D eigenvalue weighted by Crippen LogP contribution is 2.55. The van der Waals surface area contributed by atoms with Gasteiger partial charge >= 0.3 is 7.82 Å². The van der Waals surface area contributed by atoms with E-state index in [9.17, 15) is 14.0 Å². The van der Waals surface area contributed by atoms with E-state index in [1.165, 1.54) is 58.2 Å². The summed E-state index contributed by atoms with van der Waals surface area (Å²) in [5.74, 6) is 0. The normalized spacial score (nSPS) is 12.6. The molecule has 9 nitrogen and oxygen atoms in total. The summed E-state index contributed by atoms with van der Waals surface area (Å²) in [5.41, 5.74) is -2.73. The quantitative estimate of drug-likeness (QED) is 0.0986. The van der Waals surface area contributed by atoms with Gasteiger partial charge in [-0.15, -0.1) is 11.6 Å². The van der Waals surface area contributed by atoms with Gasteiger partial charge in [0.2, 0.25) is 0 Å². The Balaban J connectivity index is -0.000000169. The molecule has 0 bridgehead atoms. The van der Waals surface area contributed by atoms with Gasteiger partial charge in [0.25, 0.3) is 7.82 Å². The molecule has 1 N–H and O–H groups in total. The number of halogens is 3. The van der Waals surface area contributed by atoms with Gasteiger partial charge in [-0.05, 0) is 102 Å². The number of phosphoric acid groups is 2. The second-order valence-electron chi connectivity index (χ2n) is 14.1. The maximum absolute atomic E-state index is 12.1. The van der Waals surface area contributed by atoms with Crippen molar-refractivity contribution in [2.45, 2.75) is 172 Å². The molecule has 0 aliphatic rings. The first-order chi connectivity index (χ1) is 19.6. The molecule has 0 rings (SSSR count). The summed E-state index contributed by atoms with van der Waals surface area (Å²) in [6.45, 7) is 31.6. The third kappa shape index (κ3) is 50.0. The molecular weight excluding hydrogens is 774 g/mol. The number of hydrogen-bond donors (Lipinski definition) is 1. The highest BCUT2D eigenvalue weighted by molar-refractivity contribution is 14.1. The van der Waals surface area contributed by atoms with Crippen LogP contribution in [-0.2, 0) is 31.7 Å². The molecule has 45 heavy (non-hydrogen) atoms. The molecule has 0 aromatic carbocycles. The summed E-state index contributed by atoms with van der Waals surface area (Å²) >= 11 is 12.4. The van der Waals surface area contributed by atoms with Crippen molar-refractivity contribution < 1.29 is 41.5 Å². The SMILES string of the molecule is C.CC(C)(C)OP(=O)(OCCl)OC(C)(C)C.CC(C)(C)OP(=O)([O-])OC(C)(C)C.CCCC[NH+](CCCC)CCCC.ClCI. The van der Waals surface area contributed by atoms with E-state index in [1.807, 2.05) is 4.90 Å². The van der Waals surface area contributed by atoms with Crippen LogP contribution in [0.25, 0.3) is 0 Å². The number of phosphoric ester groups is 2. The molecule has 0 aliphatic carbocycles. The smallest absolute Gasteiger partial charge is 0.476 e. The monoisotopic (exact) mass is 845 g/mol. The number of unbranched alkanes of at least 4 members (excludes halogenated alkanes) is 3. The fourth-order valence-electron chi connectivity index (χ4n) is 3.15. The van der Waals surface area contributed by atoms with Crippen molar-refractivity contribution in [2.75, 3.05) is 29.6 Å². The van der Waals surface area contributed by atoms with Crippen LogP contribution < -0.4 is 9.79 Å². The number of alkyl halides is 3. The predicted molar refractivity (Wildman–Crippen MR) is 202 cm³/mol. The van der Waals surface area contributed by atoms with Crippen LogP contribution in [0.15, 0.2) is 0 Å². The summed E-state index contributed by atoms with van der Waals surface area (Å²) in [6, 6.07) is -0.233. The van der Waals surface area contributed by atoms with E-state index in [2.05, 4.69) is 43.4 Å². The lowest BCUT2D eigenvalue weighted by molar-refractivity contribution is -0.900. The van der Waals surface area contributed by atoms with Crippen molar-refractivity contribution in [3.8, 4) is 0 Å². The molecule has 0 unspecified atom stereocenters. The second-order valence-corrected chi connectivity index (χ2v) is 19.0. The number of rotatable bonds is 15. The van der Waals surface area contributed by atoms with Gasteiger partial charge in [-0.1, -0.05) is 81.7 Å². The highest BCUT2D eigenvalue weighted by atomic mass is 127. The average Bonchev–Trinajstić information content (AvgIpc) is 2.74. The fraction of sp³-hybridized carbons (Fsp3) is 1.00. The summed E-state index contributed by atoms with van der Waals surface area (Å²) in [4.78, 5) is 13.1. The molecule has 0 fully saturated rings. The van der Waals surface area contributed by atoms with Crippen molar-refractivity contribution in [1.29, 1.82) is 0 Å². The molecule has 0 aromatic rings. The summed E-state index contributed by atoms with van der Waals surface area (Å²) in [7, 11) is -7.78. The van der Waals surface area contributed by atoms with Gasteiger partial charge in [0, 0.05) is 0 Å². The van der Waals surface area contributed by atoms with Crippen LogP contribution in [0.3, 0.4) is 0 Å². The van der Waals surface area contributed by atoms with Crippen LogP contribution in [0, 0.1) is 0 Å². The lowest BCUT2D eigenvalue weighted by atomic mass is 10.2. The van der Waals surface area contributed by atoms with Crippen LogP contribution in [0.5, 0.6) is 0 Å². The minimum Gasteiger partial charge on any atom is -0.756 e. The van der Waals surface area contributed by atoms with Gasteiger partial charge in [-0.25, -0.2) is 4.57 Å². The Hall–Kier alpha value is 1.49. The fourth-order valence-corrected chi connectivity index (χ4v) is 6.49. The van der Waals surface area contributed by atoms with Crippen molar-refractivity contribution in [2.24, 2.45) is 0 Å². The summed E-state index contributed by atoms with van der Waals surface area (Å²) in [5, 5.41) is 0. The van der Waals surface area contributed by atoms with E-state index < -0.39 is 38.0 Å². The molecule has 0 aromatic heterocycles. The largest absolute Gasteiger partial charge is 0.756 e. The van der Waals surface area contributed by atoms with Crippen LogP contribution in [0.4, 0.5) is 0 Å². The Kier molecular flexibility index (Phi) is 35.0. The molecule has 0 heterocycles. The van der Waals surface area contributed by atoms with Gasteiger partial charge in [0.05, 0.1) is 45.9 Å². The van der Waals surface area contributed by atoms with Gasteiger partial charge in [0.15, 0.2) is 0 Å². The maximum atomic E-state index is 12.1. The number of nitrogens with one attached hydrogen (secondary N) is 1. The Bertz CT molecular complexity index is 710. The topological polar surface area (TPSA) is 108 Å². The van der Waals surface area contributed by atoms with Crippen LogP contribution in [-0.4, -0.2) is 52.0 Å². The third-order valence-corrected chi connectivity index (χ3v) is 8.19. The van der Waals surface area contributed by atoms with Crippen molar-refractivity contribution in [1.82, 2.24) is 0 Å². The first-order valence-electron chi connectivity index (χ1n) is 15.5. The standard InChI is InChI=1S/C12H27N.C9H20ClO4P.C8H19O4P.CH2ClI.CH4/c1-4-7-10-13(11-8-5-2)12-9-6-3;1-8(2,3)13-15(11,12-7-10)14-9(4,5)6;1-7(2,3)11-13(9,10)12-8(4,5)6;2-1-3;/h4-12H2,1-3H3;7H2,1-6H3;1-6H3,(H,9,10);1H2;1H4. The molecule has 0 aliphatic heterocycles. The zero-order valence-electron chi connectivity index (χ0n) is 30.6. The molecule has 280 valence electrons. The Morgan fingerprint density at radius 3 is 1.04 bits per heavy atom. The highest BCUT2D eigenvalue weighted by Gasteiger charge is 2.36. The summed E-state index contributed by atoms with van der Waals surface area (Å²) in [6.07, 6.45) is 8.26. The Labute approximate surface area is 303 Å². The molecule has 0 radical (unpaired) electrons. The van der Waals surface area contributed by atoms with Crippen molar-refractivity contribution in [3.63, 3.8) is 0 Å². The number of quaternary nitrogens is 1. The van der Waals surface area contributed by atoms with Gasteiger partial charge in [0.1, 0.15) is 6.07 Å². The van der Waals surface area contributed by atoms with Gasteiger partial charge in [-0.2, -0.15) is 0 Å². The van der Waals surface area contributed by atoms with E-state index in [0.717, 1.165) is 0 Å². The van der Waals surface area contributed by atoms with E-state index in [4.69, 9.17) is 45.8 Å². The van der Waals surface area contributed by atoms with Crippen LogP contribution in [0.2, 0.25) is 0 Å². The van der Waals surface area contributed by atoms with Crippen molar-refractivity contribution in [3.05, 3.63) is 0 Å². The predicted octanol–water partition coefficient (Wildman–Crippen LogP) is 10.5. The molecule has 14 heteroatoms. The van der Waals surface area contributed by atoms with Crippen LogP contribution in [0.1, 0.15) is 150 Å². The Morgan fingerprint density at radius 1 is 0.622 bits per heavy atom. The molecule has 0 amide bonds. The molecule has 0 atom stereocenters. The first-order valence-corrected chi connectivity index (χ1v) is 21.1. The number of hydrogen-bond acceptors (Lipinski definition) is 8. The lowest BCUT2D eigenvalue weighted by Crippen LogP contribution is -3.12. The van der Waals surface area contributed by atoms with Gasteiger partial charge in [-0.3, -0.25) is 18.1 Å². The third-order valence-electron chi connectivity index (χ3n) is 4.40. The zero-order valence-corrected chi connectivity index (χ0v) is 36.0. The summed E-state index contributed by atoms with van der Waals surface area (Å²) < 4.78 is 49.0. The minimum absolute atomic E-state index is 0. The van der Waals surface area contributed by atoms with Crippen LogP contribution >= 0.6 is 61.4 Å². The van der Waals surface area contributed by atoms with Crippen molar-refractivity contribution >= 4 is 61.4 Å². The lowest BCUT2D eigenvalue weighted by Gasteiger charge is -2.35. The second kappa shape index (κ2) is 28.2. The average molecular weight is 847 g/mol. The molecular formula is C31H72Cl2INO8P2. The Morgan fingerprint density at radius 2 is 0.867 bits per heavy atom.